The average molecular weight is 228 g/mol. The molecule has 0 aliphatic heterocycles. The van der Waals surface area contributed by atoms with Gasteiger partial charge in [-0.2, -0.15) is 0 Å². The zero-order valence-electron chi connectivity index (χ0n) is 7.31. The van der Waals surface area contributed by atoms with Crippen LogP contribution in [-0.4, -0.2) is 5.11 Å². The monoisotopic (exact) mass is 227 g/mol. The Kier molecular flexibility index (Phi) is 3.38. The molecule has 1 heterocycles. The fourth-order valence-electron chi connectivity index (χ4n) is 1.19. The second kappa shape index (κ2) is 4.35. The number of hydrogen-bond acceptors (Lipinski definition) is 3. The van der Waals surface area contributed by atoms with Crippen molar-refractivity contribution >= 4 is 29.4 Å². The molecule has 0 saturated heterocycles. The highest BCUT2D eigenvalue weighted by atomic mass is 35.5. The van der Waals surface area contributed by atoms with E-state index in [1.54, 1.807) is 23.5 Å². The van der Waals surface area contributed by atoms with Crippen LogP contribution in [0.5, 0.6) is 5.75 Å². The van der Waals surface area contributed by atoms with E-state index >= 15 is 0 Å². The molecule has 0 spiro atoms. The minimum absolute atomic E-state index is 0. The number of nitrogens with two attached hydrogens (primary N) is 1. The molecular formula is C10H10ClNOS. The second-order valence-electron chi connectivity index (χ2n) is 2.75. The van der Waals surface area contributed by atoms with E-state index < -0.39 is 0 Å². The number of anilines is 1. The van der Waals surface area contributed by atoms with Crippen LogP contribution >= 0.6 is 23.7 Å². The van der Waals surface area contributed by atoms with E-state index in [-0.39, 0.29) is 18.2 Å². The predicted octanol–water partition coefficient (Wildman–Crippen LogP) is 3.12. The van der Waals surface area contributed by atoms with E-state index in [9.17, 15) is 5.11 Å². The van der Waals surface area contributed by atoms with Crippen molar-refractivity contribution in [1.29, 1.82) is 0 Å². The smallest absolute Gasteiger partial charge is 0.126 e. The van der Waals surface area contributed by atoms with Crippen LogP contribution in [0.25, 0.3) is 10.4 Å². The van der Waals surface area contributed by atoms with Crippen molar-refractivity contribution < 1.29 is 5.11 Å². The molecule has 4 heteroatoms. The van der Waals surface area contributed by atoms with E-state index in [1.165, 1.54) is 0 Å². The number of benzene rings is 1. The van der Waals surface area contributed by atoms with E-state index in [0.29, 0.717) is 5.69 Å². The van der Waals surface area contributed by atoms with Crippen LogP contribution in [0, 0.1) is 0 Å². The first-order valence-electron chi connectivity index (χ1n) is 3.90. The lowest BCUT2D eigenvalue weighted by molar-refractivity contribution is 0.478. The van der Waals surface area contributed by atoms with Gasteiger partial charge in [-0.15, -0.1) is 23.7 Å². The molecule has 0 atom stereocenters. The molecule has 0 saturated carbocycles. The van der Waals surface area contributed by atoms with Crippen LogP contribution < -0.4 is 5.73 Å². The maximum Gasteiger partial charge on any atom is 0.126 e. The average Bonchev–Trinajstić information content (AvgIpc) is 2.56. The lowest BCUT2D eigenvalue weighted by atomic mass is 10.1. The van der Waals surface area contributed by atoms with Crippen molar-refractivity contribution in [2.24, 2.45) is 0 Å². The van der Waals surface area contributed by atoms with Crippen molar-refractivity contribution in [2.75, 3.05) is 5.73 Å². The summed E-state index contributed by atoms with van der Waals surface area (Å²) in [5.41, 5.74) is 6.94. The fourth-order valence-corrected chi connectivity index (χ4v) is 1.95. The fraction of sp³-hybridized carbons (Fsp3) is 0. The van der Waals surface area contributed by atoms with Crippen molar-refractivity contribution in [3.63, 3.8) is 0 Å². The first-order valence-corrected chi connectivity index (χ1v) is 4.78. The van der Waals surface area contributed by atoms with E-state index in [0.717, 1.165) is 10.4 Å². The summed E-state index contributed by atoms with van der Waals surface area (Å²) in [6.45, 7) is 0. The van der Waals surface area contributed by atoms with Gasteiger partial charge in [0, 0.05) is 22.2 Å². The molecular weight excluding hydrogens is 218 g/mol. The molecule has 14 heavy (non-hydrogen) atoms. The summed E-state index contributed by atoms with van der Waals surface area (Å²) in [6, 6.07) is 9.10. The lowest BCUT2D eigenvalue weighted by Gasteiger charge is -2.02. The number of halogens is 1. The molecule has 2 rings (SSSR count). The summed E-state index contributed by atoms with van der Waals surface area (Å²) in [4.78, 5) is 1.05. The Balaban J connectivity index is 0.000000980. The molecule has 3 N–H and O–H groups in total. The number of aromatic hydroxyl groups is 1. The number of rotatable bonds is 1. The van der Waals surface area contributed by atoms with Gasteiger partial charge in [-0.05, 0) is 23.6 Å². The van der Waals surface area contributed by atoms with E-state index in [1.807, 2.05) is 23.6 Å². The third-order valence-corrected chi connectivity index (χ3v) is 2.71. The normalized spacial score (nSPS) is 9.43. The van der Waals surface area contributed by atoms with Gasteiger partial charge >= 0.3 is 0 Å². The lowest BCUT2D eigenvalue weighted by Crippen LogP contribution is -1.83. The van der Waals surface area contributed by atoms with Crippen molar-refractivity contribution in [3.8, 4) is 16.2 Å². The van der Waals surface area contributed by atoms with Crippen molar-refractivity contribution in [2.45, 2.75) is 0 Å². The largest absolute Gasteiger partial charge is 0.507 e. The number of nitrogen functional groups attached to an aromatic ring is 1. The number of thiophene rings is 1. The van der Waals surface area contributed by atoms with Gasteiger partial charge in [0.1, 0.15) is 5.75 Å². The third kappa shape index (κ3) is 2.00. The Bertz CT molecular complexity index is 414. The van der Waals surface area contributed by atoms with Gasteiger partial charge < -0.3 is 10.8 Å². The molecule has 1 aromatic heterocycles. The summed E-state index contributed by atoms with van der Waals surface area (Å²) in [6.07, 6.45) is 0. The Morgan fingerprint density at radius 2 is 2.00 bits per heavy atom. The van der Waals surface area contributed by atoms with Gasteiger partial charge in [0.25, 0.3) is 0 Å². The summed E-state index contributed by atoms with van der Waals surface area (Å²) < 4.78 is 0. The summed E-state index contributed by atoms with van der Waals surface area (Å²) in [5, 5.41) is 11.6. The summed E-state index contributed by atoms with van der Waals surface area (Å²) in [5.74, 6) is 0.238. The van der Waals surface area contributed by atoms with E-state index in [2.05, 4.69) is 0 Å². The molecule has 0 radical (unpaired) electrons. The molecule has 0 fully saturated rings. The quantitative estimate of drug-likeness (QED) is 0.736. The SMILES string of the molecule is Cl.Nc1ccc(-c2cccs2)c(O)c1. The highest BCUT2D eigenvalue weighted by Crippen LogP contribution is 2.33. The van der Waals surface area contributed by atoms with Crippen molar-refractivity contribution in [1.82, 2.24) is 0 Å². The second-order valence-corrected chi connectivity index (χ2v) is 3.70. The molecule has 0 aliphatic rings. The highest BCUT2D eigenvalue weighted by molar-refractivity contribution is 7.13. The topological polar surface area (TPSA) is 46.2 Å². The molecule has 1 aromatic carbocycles. The van der Waals surface area contributed by atoms with Gasteiger partial charge in [0.05, 0.1) is 0 Å². The predicted molar refractivity (Wildman–Crippen MR) is 63.1 cm³/mol. The van der Waals surface area contributed by atoms with Gasteiger partial charge in [-0.1, -0.05) is 6.07 Å². The Morgan fingerprint density at radius 3 is 2.57 bits per heavy atom. The van der Waals surface area contributed by atoms with Gasteiger partial charge in [0.2, 0.25) is 0 Å². The number of hydrogen-bond donors (Lipinski definition) is 2. The van der Waals surface area contributed by atoms with Gasteiger partial charge in [0.15, 0.2) is 0 Å². The summed E-state index contributed by atoms with van der Waals surface area (Å²) in [7, 11) is 0. The highest BCUT2D eigenvalue weighted by Gasteiger charge is 2.04. The van der Waals surface area contributed by atoms with Gasteiger partial charge in [-0.3, -0.25) is 0 Å². The zero-order valence-corrected chi connectivity index (χ0v) is 8.94. The standard InChI is InChI=1S/C10H9NOS.ClH/c11-7-3-4-8(9(12)6-7)10-2-1-5-13-10;/h1-6,12H,11H2;1H. The number of phenolic OH excluding ortho intramolecular Hbond substituents is 1. The molecule has 74 valence electrons. The minimum atomic E-state index is 0. The van der Waals surface area contributed by atoms with Crippen LogP contribution in [0.2, 0.25) is 0 Å². The van der Waals surface area contributed by atoms with Crippen LogP contribution in [0.3, 0.4) is 0 Å². The summed E-state index contributed by atoms with van der Waals surface area (Å²) >= 11 is 1.60. The number of phenols is 1. The Labute approximate surface area is 92.4 Å². The van der Waals surface area contributed by atoms with E-state index in [4.69, 9.17) is 5.73 Å². The molecule has 0 bridgehead atoms. The molecule has 0 unspecified atom stereocenters. The van der Waals surface area contributed by atoms with Crippen molar-refractivity contribution in [3.05, 3.63) is 35.7 Å². The van der Waals surface area contributed by atoms with Crippen LogP contribution in [0.15, 0.2) is 35.7 Å². The Morgan fingerprint density at radius 1 is 1.21 bits per heavy atom. The van der Waals surface area contributed by atoms with Crippen LogP contribution in [-0.2, 0) is 0 Å². The molecule has 0 amide bonds. The first-order chi connectivity index (χ1) is 6.27. The Hall–Kier alpha value is -1.19. The maximum atomic E-state index is 9.59. The minimum Gasteiger partial charge on any atom is -0.507 e. The van der Waals surface area contributed by atoms with Crippen LogP contribution in [0.4, 0.5) is 5.69 Å². The molecule has 2 nitrogen and oxygen atoms in total. The molecule has 0 aliphatic carbocycles. The zero-order chi connectivity index (χ0) is 9.26. The molecule has 2 aromatic rings. The maximum absolute atomic E-state index is 9.59. The van der Waals surface area contributed by atoms with Crippen LogP contribution in [0.1, 0.15) is 0 Å². The van der Waals surface area contributed by atoms with Gasteiger partial charge in [-0.25, -0.2) is 0 Å². The third-order valence-electron chi connectivity index (χ3n) is 1.81. The first kappa shape index (κ1) is 10.9.